The molecule has 1 atom stereocenters. The van der Waals surface area contributed by atoms with Gasteiger partial charge < -0.3 is 19.8 Å². The molecule has 2 N–H and O–H groups in total. The lowest BCUT2D eigenvalue weighted by molar-refractivity contribution is 0.105. The number of guanidine groups is 1. The quantitative estimate of drug-likeness (QED) is 0.213. The maximum atomic E-state index is 5.59. The fourth-order valence-corrected chi connectivity index (χ4v) is 2.75. The number of ether oxygens (including phenoxy) is 1. The highest BCUT2D eigenvalue weighted by molar-refractivity contribution is 14.0. The molecule has 1 unspecified atom stereocenters. The molecular formula is C20H34IN5O2. The molecule has 0 bridgehead atoms. The van der Waals surface area contributed by atoms with Crippen LogP contribution in [0.5, 0.6) is 0 Å². The van der Waals surface area contributed by atoms with Crippen molar-refractivity contribution in [1.82, 2.24) is 20.4 Å². The third-order valence-corrected chi connectivity index (χ3v) is 4.08. The Labute approximate surface area is 185 Å². The molecule has 28 heavy (non-hydrogen) atoms. The number of rotatable bonds is 11. The number of hydrogen-bond donors (Lipinski definition) is 2. The molecule has 8 heteroatoms. The number of aromatic nitrogens is 2. The lowest BCUT2D eigenvalue weighted by atomic mass is 10.2. The van der Waals surface area contributed by atoms with E-state index >= 15 is 0 Å². The summed E-state index contributed by atoms with van der Waals surface area (Å²) >= 11 is 0. The minimum Gasteiger partial charge on any atom is -0.467 e. The van der Waals surface area contributed by atoms with Crippen molar-refractivity contribution in [3.63, 3.8) is 0 Å². The van der Waals surface area contributed by atoms with Crippen molar-refractivity contribution in [3.8, 4) is 0 Å². The van der Waals surface area contributed by atoms with E-state index in [1.54, 1.807) is 6.26 Å². The van der Waals surface area contributed by atoms with Crippen molar-refractivity contribution in [2.45, 2.75) is 47.3 Å². The van der Waals surface area contributed by atoms with Crippen LogP contribution in [0.3, 0.4) is 0 Å². The molecule has 0 aliphatic carbocycles. The molecule has 0 fully saturated rings. The molecule has 2 rings (SSSR count). The molecule has 0 saturated carbocycles. The van der Waals surface area contributed by atoms with Gasteiger partial charge in [-0.1, -0.05) is 6.92 Å². The Morgan fingerprint density at radius 3 is 2.82 bits per heavy atom. The van der Waals surface area contributed by atoms with Gasteiger partial charge in [-0.25, -0.2) is 0 Å². The van der Waals surface area contributed by atoms with Crippen LogP contribution in [0.25, 0.3) is 0 Å². The van der Waals surface area contributed by atoms with Crippen molar-refractivity contribution < 1.29 is 9.15 Å². The molecule has 0 saturated heterocycles. The molecule has 0 aliphatic heterocycles. The third kappa shape index (κ3) is 9.09. The van der Waals surface area contributed by atoms with Crippen molar-refractivity contribution in [1.29, 1.82) is 0 Å². The van der Waals surface area contributed by atoms with Crippen LogP contribution in [0.4, 0.5) is 0 Å². The molecule has 2 aromatic rings. The van der Waals surface area contributed by atoms with Crippen LogP contribution in [0.2, 0.25) is 0 Å². The first-order valence-corrected chi connectivity index (χ1v) is 9.71. The Kier molecular flexibility index (Phi) is 11.9. The minimum absolute atomic E-state index is 0. The van der Waals surface area contributed by atoms with Gasteiger partial charge in [0.2, 0.25) is 0 Å². The Bertz CT molecular complexity index is 685. The molecule has 7 nitrogen and oxygen atoms in total. The van der Waals surface area contributed by atoms with E-state index in [1.165, 1.54) is 5.69 Å². The Hall–Kier alpha value is -1.55. The summed E-state index contributed by atoms with van der Waals surface area (Å²) in [6.07, 6.45) is 2.57. The summed E-state index contributed by atoms with van der Waals surface area (Å²) in [5.41, 5.74) is 2.26. The molecule has 0 spiro atoms. The van der Waals surface area contributed by atoms with Crippen molar-refractivity contribution in [3.05, 3.63) is 41.6 Å². The number of halogens is 1. The van der Waals surface area contributed by atoms with E-state index in [2.05, 4.69) is 47.3 Å². The summed E-state index contributed by atoms with van der Waals surface area (Å²) in [5, 5.41) is 11.2. The molecule has 2 heterocycles. The molecular weight excluding hydrogens is 469 g/mol. The van der Waals surface area contributed by atoms with Gasteiger partial charge in [0.25, 0.3) is 0 Å². The monoisotopic (exact) mass is 503 g/mol. The van der Waals surface area contributed by atoms with Crippen LogP contribution in [0.1, 0.15) is 37.4 Å². The molecule has 0 radical (unpaired) electrons. The van der Waals surface area contributed by atoms with E-state index in [1.807, 2.05) is 19.1 Å². The SMILES string of the molecule is CCNC(=NCC(C)Cn1nc(C)cc1C)NCCCOCc1ccco1.I. The van der Waals surface area contributed by atoms with E-state index in [-0.39, 0.29) is 24.0 Å². The summed E-state index contributed by atoms with van der Waals surface area (Å²) in [4.78, 5) is 4.70. The maximum absolute atomic E-state index is 5.59. The normalized spacial score (nSPS) is 12.5. The van der Waals surface area contributed by atoms with Crippen molar-refractivity contribution >= 4 is 29.9 Å². The fourth-order valence-electron chi connectivity index (χ4n) is 2.75. The third-order valence-electron chi connectivity index (χ3n) is 4.08. The molecule has 0 amide bonds. The number of hydrogen-bond acceptors (Lipinski definition) is 4. The number of furan rings is 1. The second-order valence-corrected chi connectivity index (χ2v) is 6.85. The smallest absolute Gasteiger partial charge is 0.191 e. The van der Waals surface area contributed by atoms with E-state index < -0.39 is 0 Å². The summed E-state index contributed by atoms with van der Waals surface area (Å²) < 4.78 is 12.9. The molecule has 0 aliphatic rings. The van der Waals surface area contributed by atoms with E-state index in [9.17, 15) is 0 Å². The Morgan fingerprint density at radius 1 is 1.36 bits per heavy atom. The van der Waals surface area contributed by atoms with Crippen LogP contribution in [-0.4, -0.2) is 42.0 Å². The van der Waals surface area contributed by atoms with Crippen LogP contribution in [0, 0.1) is 19.8 Å². The van der Waals surface area contributed by atoms with E-state index in [0.29, 0.717) is 19.1 Å². The van der Waals surface area contributed by atoms with Gasteiger partial charge in [-0.3, -0.25) is 9.67 Å². The lowest BCUT2D eigenvalue weighted by Gasteiger charge is -2.14. The van der Waals surface area contributed by atoms with Crippen LogP contribution in [-0.2, 0) is 17.9 Å². The first kappa shape index (κ1) is 24.5. The summed E-state index contributed by atoms with van der Waals surface area (Å²) in [6.45, 7) is 12.9. The van der Waals surface area contributed by atoms with Crippen LogP contribution >= 0.6 is 24.0 Å². The van der Waals surface area contributed by atoms with Crippen LogP contribution in [0.15, 0.2) is 33.9 Å². The summed E-state index contributed by atoms with van der Waals surface area (Å²) in [5.74, 6) is 2.12. The van der Waals surface area contributed by atoms with Gasteiger partial charge in [-0.05, 0) is 51.3 Å². The zero-order valence-corrected chi connectivity index (χ0v) is 19.7. The highest BCUT2D eigenvalue weighted by Gasteiger charge is 2.07. The number of nitrogens with zero attached hydrogens (tertiary/aromatic N) is 3. The van der Waals surface area contributed by atoms with Gasteiger partial charge >= 0.3 is 0 Å². The minimum atomic E-state index is 0. The summed E-state index contributed by atoms with van der Waals surface area (Å²) in [7, 11) is 0. The second-order valence-electron chi connectivity index (χ2n) is 6.85. The molecule has 0 aromatic carbocycles. The molecule has 2 aromatic heterocycles. The van der Waals surface area contributed by atoms with Gasteiger partial charge in [0.05, 0.1) is 12.0 Å². The van der Waals surface area contributed by atoms with Gasteiger partial charge in [0, 0.05) is 38.5 Å². The Balaban J connectivity index is 0.00000392. The number of nitrogens with one attached hydrogen (secondary N) is 2. The van der Waals surface area contributed by atoms with Crippen LogP contribution < -0.4 is 10.6 Å². The predicted molar refractivity (Wildman–Crippen MR) is 123 cm³/mol. The first-order valence-electron chi connectivity index (χ1n) is 9.71. The predicted octanol–water partition coefficient (Wildman–Crippen LogP) is 3.51. The zero-order valence-electron chi connectivity index (χ0n) is 17.4. The second kappa shape index (κ2) is 13.6. The van der Waals surface area contributed by atoms with Gasteiger partial charge in [0.15, 0.2) is 5.96 Å². The highest BCUT2D eigenvalue weighted by Crippen LogP contribution is 2.07. The lowest BCUT2D eigenvalue weighted by Crippen LogP contribution is -2.38. The molecule has 158 valence electrons. The van der Waals surface area contributed by atoms with E-state index in [4.69, 9.17) is 14.1 Å². The number of aliphatic imine (C=N–C) groups is 1. The van der Waals surface area contributed by atoms with Gasteiger partial charge in [-0.15, -0.1) is 24.0 Å². The average molecular weight is 503 g/mol. The topological polar surface area (TPSA) is 76.6 Å². The fraction of sp³-hybridized carbons (Fsp3) is 0.600. The average Bonchev–Trinajstić information content (AvgIpc) is 3.25. The first-order chi connectivity index (χ1) is 13.1. The van der Waals surface area contributed by atoms with Gasteiger partial charge in [0.1, 0.15) is 12.4 Å². The standard InChI is InChI=1S/C20H33N5O2.HI/c1-5-21-20(22-9-7-10-26-15-19-8-6-11-27-19)23-13-16(2)14-25-18(4)12-17(3)24-25;/h6,8,11-12,16H,5,7,9-10,13-15H2,1-4H3,(H2,21,22,23);1H. The largest absolute Gasteiger partial charge is 0.467 e. The summed E-state index contributed by atoms with van der Waals surface area (Å²) in [6, 6.07) is 5.90. The van der Waals surface area contributed by atoms with Crippen molar-refractivity contribution in [2.75, 3.05) is 26.2 Å². The maximum Gasteiger partial charge on any atom is 0.191 e. The zero-order chi connectivity index (χ0) is 19.5. The highest BCUT2D eigenvalue weighted by atomic mass is 127. The number of aryl methyl sites for hydroxylation is 2. The Morgan fingerprint density at radius 2 is 2.18 bits per heavy atom. The van der Waals surface area contributed by atoms with E-state index in [0.717, 1.165) is 50.0 Å². The van der Waals surface area contributed by atoms with Crippen molar-refractivity contribution in [2.24, 2.45) is 10.9 Å². The van der Waals surface area contributed by atoms with Gasteiger partial charge in [-0.2, -0.15) is 5.10 Å².